The Labute approximate surface area is 103 Å². The van der Waals surface area contributed by atoms with E-state index in [1.54, 1.807) is 0 Å². The first-order chi connectivity index (χ1) is 8.26. The predicted octanol–water partition coefficient (Wildman–Crippen LogP) is 1.39. The van der Waals surface area contributed by atoms with Crippen LogP contribution in [-0.4, -0.2) is 55.7 Å². The lowest BCUT2D eigenvalue weighted by atomic mass is 10.0. The molecule has 4 nitrogen and oxygen atoms in total. The van der Waals surface area contributed by atoms with E-state index in [0.717, 1.165) is 39.3 Å². The summed E-state index contributed by atoms with van der Waals surface area (Å²) in [5, 5.41) is 0. The number of ether oxygens (including phenoxy) is 3. The zero-order valence-corrected chi connectivity index (χ0v) is 10.7. The van der Waals surface area contributed by atoms with Crippen LogP contribution in [0.3, 0.4) is 0 Å². The summed E-state index contributed by atoms with van der Waals surface area (Å²) in [4.78, 5) is 2.46. The molecule has 3 aliphatic rings. The van der Waals surface area contributed by atoms with Crippen molar-refractivity contribution in [3.05, 3.63) is 0 Å². The highest BCUT2D eigenvalue weighted by atomic mass is 16.7. The number of hydrogen-bond acceptors (Lipinski definition) is 4. The van der Waals surface area contributed by atoms with Crippen molar-refractivity contribution in [2.24, 2.45) is 0 Å². The first kappa shape index (κ1) is 11.9. The molecule has 3 aliphatic heterocycles. The van der Waals surface area contributed by atoms with Gasteiger partial charge < -0.3 is 14.2 Å². The van der Waals surface area contributed by atoms with E-state index in [4.69, 9.17) is 14.2 Å². The molecule has 2 atom stereocenters. The highest BCUT2D eigenvalue weighted by Gasteiger charge is 2.41. The minimum atomic E-state index is -0.289. The molecule has 4 heteroatoms. The van der Waals surface area contributed by atoms with Crippen molar-refractivity contribution in [3.63, 3.8) is 0 Å². The standard InChI is InChI=1S/C13H23NO3/c1-11-3-4-12(17-11)9-14-6-2-5-13(10-14)15-7-8-16-13/h11-12H,2-10H2,1H3. The molecule has 0 radical (unpaired) electrons. The van der Waals surface area contributed by atoms with Gasteiger partial charge in [-0.15, -0.1) is 0 Å². The van der Waals surface area contributed by atoms with Crippen molar-refractivity contribution in [2.45, 2.75) is 50.6 Å². The Balaban J connectivity index is 1.53. The van der Waals surface area contributed by atoms with Gasteiger partial charge in [-0.3, -0.25) is 4.90 Å². The Morgan fingerprint density at radius 3 is 2.76 bits per heavy atom. The van der Waals surface area contributed by atoms with Gasteiger partial charge in [0.25, 0.3) is 0 Å². The normalized spacial score (nSPS) is 37.9. The fraction of sp³-hybridized carbons (Fsp3) is 1.00. The van der Waals surface area contributed by atoms with Gasteiger partial charge in [-0.05, 0) is 32.7 Å². The van der Waals surface area contributed by atoms with Crippen molar-refractivity contribution < 1.29 is 14.2 Å². The highest BCUT2D eigenvalue weighted by molar-refractivity contribution is 4.86. The van der Waals surface area contributed by atoms with Crippen LogP contribution in [0.5, 0.6) is 0 Å². The van der Waals surface area contributed by atoms with Gasteiger partial charge in [-0.25, -0.2) is 0 Å². The summed E-state index contributed by atoms with van der Waals surface area (Å²) >= 11 is 0. The first-order valence-corrected chi connectivity index (χ1v) is 6.91. The third kappa shape index (κ3) is 2.65. The second kappa shape index (κ2) is 4.84. The summed E-state index contributed by atoms with van der Waals surface area (Å²) in [5.74, 6) is -0.289. The van der Waals surface area contributed by atoms with Crippen LogP contribution in [0.25, 0.3) is 0 Å². The van der Waals surface area contributed by atoms with Crippen LogP contribution in [0, 0.1) is 0 Å². The van der Waals surface area contributed by atoms with E-state index in [1.807, 2.05) is 0 Å². The molecule has 2 unspecified atom stereocenters. The van der Waals surface area contributed by atoms with Gasteiger partial charge >= 0.3 is 0 Å². The molecule has 3 fully saturated rings. The molecule has 0 aromatic heterocycles. The summed E-state index contributed by atoms with van der Waals surface area (Å²) in [7, 11) is 0. The van der Waals surface area contributed by atoms with Crippen LogP contribution in [0.15, 0.2) is 0 Å². The second-order valence-electron chi connectivity index (χ2n) is 5.59. The molecule has 0 bridgehead atoms. The molecule has 0 aromatic rings. The summed E-state index contributed by atoms with van der Waals surface area (Å²) in [5.41, 5.74) is 0. The maximum absolute atomic E-state index is 5.89. The van der Waals surface area contributed by atoms with E-state index >= 15 is 0 Å². The molecule has 3 rings (SSSR count). The van der Waals surface area contributed by atoms with Gasteiger partial charge in [0, 0.05) is 13.0 Å². The highest BCUT2D eigenvalue weighted by Crippen LogP contribution is 2.31. The number of nitrogens with zero attached hydrogens (tertiary/aromatic N) is 1. The maximum Gasteiger partial charge on any atom is 0.181 e. The van der Waals surface area contributed by atoms with Gasteiger partial charge in [-0.1, -0.05) is 0 Å². The van der Waals surface area contributed by atoms with Crippen molar-refractivity contribution in [3.8, 4) is 0 Å². The minimum absolute atomic E-state index is 0.289. The monoisotopic (exact) mass is 241 g/mol. The van der Waals surface area contributed by atoms with Crippen molar-refractivity contribution in [2.75, 3.05) is 32.8 Å². The molecule has 0 aliphatic carbocycles. The maximum atomic E-state index is 5.89. The Morgan fingerprint density at radius 2 is 2.06 bits per heavy atom. The number of likely N-dealkylation sites (tertiary alicyclic amines) is 1. The van der Waals surface area contributed by atoms with Gasteiger partial charge in [0.2, 0.25) is 0 Å². The van der Waals surface area contributed by atoms with Crippen LogP contribution in [0.1, 0.15) is 32.6 Å². The molecule has 1 spiro atoms. The van der Waals surface area contributed by atoms with Gasteiger partial charge in [0.05, 0.1) is 32.0 Å². The number of hydrogen-bond donors (Lipinski definition) is 0. The molecule has 17 heavy (non-hydrogen) atoms. The Bertz CT molecular complexity index is 265. The van der Waals surface area contributed by atoms with Gasteiger partial charge in [-0.2, -0.15) is 0 Å². The molecule has 0 aromatic carbocycles. The van der Waals surface area contributed by atoms with Crippen molar-refractivity contribution in [1.29, 1.82) is 0 Å². The molecule has 0 N–H and O–H groups in total. The zero-order valence-electron chi connectivity index (χ0n) is 10.7. The SMILES string of the molecule is CC1CCC(CN2CCCC3(C2)OCCO3)O1. The summed E-state index contributed by atoms with van der Waals surface area (Å²) < 4.78 is 17.5. The third-order valence-electron chi connectivity index (χ3n) is 4.09. The lowest BCUT2D eigenvalue weighted by molar-refractivity contribution is -0.191. The number of piperidine rings is 1. The zero-order chi connectivity index (χ0) is 11.7. The smallest absolute Gasteiger partial charge is 0.181 e. The lowest BCUT2D eigenvalue weighted by Gasteiger charge is -2.39. The number of rotatable bonds is 2. The fourth-order valence-electron chi connectivity index (χ4n) is 3.27. The Hall–Kier alpha value is -0.160. The van der Waals surface area contributed by atoms with E-state index in [0.29, 0.717) is 12.2 Å². The summed E-state index contributed by atoms with van der Waals surface area (Å²) in [6.07, 6.45) is 5.48. The summed E-state index contributed by atoms with van der Waals surface area (Å²) in [6, 6.07) is 0. The van der Waals surface area contributed by atoms with E-state index in [9.17, 15) is 0 Å². The van der Waals surface area contributed by atoms with Crippen LogP contribution in [0.2, 0.25) is 0 Å². The lowest BCUT2D eigenvalue weighted by Crippen LogP contribution is -2.50. The Kier molecular flexibility index (Phi) is 3.39. The molecular weight excluding hydrogens is 218 g/mol. The third-order valence-corrected chi connectivity index (χ3v) is 4.09. The van der Waals surface area contributed by atoms with Crippen LogP contribution < -0.4 is 0 Å². The molecular formula is C13H23NO3. The largest absolute Gasteiger partial charge is 0.374 e. The molecule has 3 heterocycles. The fourth-order valence-corrected chi connectivity index (χ4v) is 3.27. The van der Waals surface area contributed by atoms with Gasteiger partial charge in [0.15, 0.2) is 5.79 Å². The van der Waals surface area contributed by atoms with Crippen LogP contribution >= 0.6 is 0 Å². The van der Waals surface area contributed by atoms with Crippen molar-refractivity contribution in [1.82, 2.24) is 4.90 Å². The van der Waals surface area contributed by atoms with Gasteiger partial charge in [0.1, 0.15) is 0 Å². The minimum Gasteiger partial charge on any atom is -0.374 e. The average Bonchev–Trinajstić information content (AvgIpc) is 2.89. The van der Waals surface area contributed by atoms with Crippen molar-refractivity contribution >= 4 is 0 Å². The van der Waals surface area contributed by atoms with Crippen LogP contribution in [-0.2, 0) is 14.2 Å². The quantitative estimate of drug-likeness (QED) is 0.731. The van der Waals surface area contributed by atoms with E-state index in [2.05, 4.69) is 11.8 Å². The second-order valence-corrected chi connectivity index (χ2v) is 5.59. The summed E-state index contributed by atoms with van der Waals surface area (Å²) in [6.45, 7) is 6.79. The van der Waals surface area contributed by atoms with E-state index in [-0.39, 0.29) is 5.79 Å². The van der Waals surface area contributed by atoms with E-state index < -0.39 is 0 Å². The Morgan fingerprint density at radius 1 is 1.24 bits per heavy atom. The molecule has 0 saturated carbocycles. The topological polar surface area (TPSA) is 30.9 Å². The molecule has 98 valence electrons. The molecule has 0 amide bonds. The van der Waals surface area contributed by atoms with E-state index in [1.165, 1.54) is 19.3 Å². The predicted molar refractivity (Wildman–Crippen MR) is 63.9 cm³/mol. The molecule has 3 saturated heterocycles. The first-order valence-electron chi connectivity index (χ1n) is 6.91. The average molecular weight is 241 g/mol. The van der Waals surface area contributed by atoms with Crippen LogP contribution in [0.4, 0.5) is 0 Å².